The molecule has 0 unspecified atom stereocenters. The molecule has 76 valence electrons. The molecular formula is C10H15N3O. The molecule has 0 aliphatic rings. The fourth-order valence-corrected chi connectivity index (χ4v) is 1.03. The van der Waals surface area contributed by atoms with Gasteiger partial charge in [-0.05, 0) is 12.6 Å². The Labute approximate surface area is 83.7 Å². The monoisotopic (exact) mass is 193 g/mol. The van der Waals surface area contributed by atoms with E-state index in [-0.39, 0.29) is 12.5 Å². The Hall–Kier alpha value is -1.39. The molecule has 0 saturated carbocycles. The first-order valence-corrected chi connectivity index (χ1v) is 4.53. The van der Waals surface area contributed by atoms with Gasteiger partial charge in [0.25, 0.3) is 0 Å². The van der Waals surface area contributed by atoms with Gasteiger partial charge in [0.05, 0.1) is 6.54 Å². The third-order valence-corrected chi connectivity index (χ3v) is 1.76. The number of carbonyl (C=O) groups is 1. The number of rotatable bonds is 5. The van der Waals surface area contributed by atoms with Crippen LogP contribution in [-0.4, -0.2) is 19.5 Å². The summed E-state index contributed by atoms with van der Waals surface area (Å²) in [6.45, 7) is 0.856. The standard InChI is InChI=1S/C10H15N3O/c1-11-13-8-10(14)12-7-9-5-3-2-4-6-9/h2-6,11,13H,7-8H2,1H3,(H,12,14). The molecule has 0 atom stereocenters. The first-order valence-electron chi connectivity index (χ1n) is 4.53. The molecule has 0 bridgehead atoms. The molecule has 4 nitrogen and oxygen atoms in total. The van der Waals surface area contributed by atoms with E-state index < -0.39 is 0 Å². The molecule has 4 heteroatoms. The topological polar surface area (TPSA) is 53.2 Å². The van der Waals surface area contributed by atoms with E-state index in [0.29, 0.717) is 6.54 Å². The van der Waals surface area contributed by atoms with Crippen LogP contribution < -0.4 is 16.2 Å². The maximum Gasteiger partial charge on any atom is 0.235 e. The summed E-state index contributed by atoms with van der Waals surface area (Å²) >= 11 is 0. The van der Waals surface area contributed by atoms with Crippen molar-refractivity contribution in [1.82, 2.24) is 16.2 Å². The van der Waals surface area contributed by atoms with Crippen LogP contribution in [0.4, 0.5) is 0 Å². The largest absolute Gasteiger partial charge is 0.351 e. The lowest BCUT2D eigenvalue weighted by Crippen LogP contribution is -2.38. The second-order valence-electron chi connectivity index (χ2n) is 2.87. The van der Waals surface area contributed by atoms with E-state index in [9.17, 15) is 4.79 Å². The van der Waals surface area contributed by atoms with Crippen molar-refractivity contribution in [1.29, 1.82) is 0 Å². The second-order valence-corrected chi connectivity index (χ2v) is 2.87. The van der Waals surface area contributed by atoms with Crippen LogP contribution in [0.1, 0.15) is 5.56 Å². The zero-order valence-electron chi connectivity index (χ0n) is 8.21. The van der Waals surface area contributed by atoms with Crippen molar-refractivity contribution < 1.29 is 4.79 Å². The second kappa shape index (κ2) is 6.12. The van der Waals surface area contributed by atoms with Gasteiger partial charge in [-0.25, -0.2) is 5.43 Å². The Kier molecular flexibility index (Phi) is 4.68. The van der Waals surface area contributed by atoms with Crippen molar-refractivity contribution in [2.45, 2.75) is 6.54 Å². The van der Waals surface area contributed by atoms with Gasteiger partial charge in [0.1, 0.15) is 0 Å². The number of benzene rings is 1. The molecule has 0 fully saturated rings. The minimum absolute atomic E-state index is 0.0248. The zero-order chi connectivity index (χ0) is 10.2. The predicted octanol–water partition coefficient (Wildman–Crippen LogP) is 0.0268. The molecule has 1 amide bonds. The van der Waals surface area contributed by atoms with Gasteiger partial charge in [0, 0.05) is 6.54 Å². The van der Waals surface area contributed by atoms with Gasteiger partial charge < -0.3 is 5.32 Å². The Morgan fingerprint density at radius 2 is 2.00 bits per heavy atom. The molecule has 1 rings (SSSR count). The quantitative estimate of drug-likeness (QED) is 0.578. The van der Waals surface area contributed by atoms with Gasteiger partial charge in [0.2, 0.25) is 5.91 Å². The molecular weight excluding hydrogens is 178 g/mol. The molecule has 3 N–H and O–H groups in total. The number of hydrazine groups is 1. The summed E-state index contributed by atoms with van der Waals surface area (Å²) in [6.07, 6.45) is 0. The molecule has 0 aliphatic heterocycles. The number of nitrogens with one attached hydrogen (secondary N) is 3. The van der Waals surface area contributed by atoms with E-state index in [4.69, 9.17) is 0 Å². The van der Waals surface area contributed by atoms with Crippen molar-refractivity contribution in [2.75, 3.05) is 13.6 Å². The minimum Gasteiger partial charge on any atom is -0.351 e. The summed E-state index contributed by atoms with van der Waals surface area (Å²) < 4.78 is 0. The van der Waals surface area contributed by atoms with E-state index in [0.717, 1.165) is 5.56 Å². The molecule has 0 aliphatic carbocycles. The van der Waals surface area contributed by atoms with Crippen molar-refractivity contribution in [3.63, 3.8) is 0 Å². The Balaban J connectivity index is 2.24. The normalized spacial score (nSPS) is 9.79. The maximum atomic E-state index is 11.2. The molecule has 0 saturated heterocycles. The lowest BCUT2D eigenvalue weighted by molar-refractivity contribution is -0.120. The molecule has 1 aromatic carbocycles. The summed E-state index contributed by atoms with van der Waals surface area (Å²) in [7, 11) is 1.73. The van der Waals surface area contributed by atoms with E-state index >= 15 is 0 Å². The Bertz CT molecular complexity index is 274. The smallest absolute Gasteiger partial charge is 0.235 e. The van der Waals surface area contributed by atoms with Crippen LogP contribution in [0.15, 0.2) is 30.3 Å². The summed E-state index contributed by atoms with van der Waals surface area (Å²) in [5.74, 6) is -0.0248. The van der Waals surface area contributed by atoms with E-state index in [1.807, 2.05) is 30.3 Å². The van der Waals surface area contributed by atoms with Gasteiger partial charge >= 0.3 is 0 Å². The van der Waals surface area contributed by atoms with E-state index in [1.54, 1.807) is 7.05 Å². The summed E-state index contributed by atoms with van der Waals surface area (Å²) in [4.78, 5) is 11.2. The van der Waals surface area contributed by atoms with Gasteiger partial charge in [-0.1, -0.05) is 30.3 Å². The summed E-state index contributed by atoms with van der Waals surface area (Å²) in [5, 5.41) is 2.79. The average Bonchev–Trinajstić information content (AvgIpc) is 2.25. The van der Waals surface area contributed by atoms with Crippen molar-refractivity contribution in [2.24, 2.45) is 0 Å². The van der Waals surface area contributed by atoms with E-state index in [2.05, 4.69) is 16.2 Å². The molecule has 0 aromatic heterocycles. The zero-order valence-corrected chi connectivity index (χ0v) is 8.21. The van der Waals surface area contributed by atoms with Crippen LogP contribution in [0.2, 0.25) is 0 Å². The average molecular weight is 193 g/mol. The molecule has 0 radical (unpaired) electrons. The highest BCUT2D eigenvalue weighted by atomic mass is 16.2. The lowest BCUT2D eigenvalue weighted by Gasteiger charge is -2.05. The number of hydrogen-bond acceptors (Lipinski definition) is 3. The molecule has 0 heterocycles. The summed E-state index contributed by atoms with van der Waals surface area (Å²) in [6, 6.07) is 9.81. The van der Waals surface area contributed by atoms with Crippen LogP contribution >= 0.6 is 0 Å². The third kappa shape index (κ3) is 4.02. The van der Waals surface area contributed by atoms with Crippen LogP contribution in [0.25, 0.3) is 0 Å². The van der Waals surface area contributed by atoms with Crippen molar-refractivity contribution in [3.05, 3.63) is 35.9 Å². The molecule has 14 heavy (non-hydrogen) atoms. The minimum atomic E-state index is -0.0248. The number of amides is 1. The van der Waals surface area contributed by atoms with Gasteiger partial charge in [-0.2, -0.15) is 0 Å². The Morgan fingerprint density at radius 3 is 2.64 bits per heavy atom. The predicted molar refractivity (Wildman–Crippen MR) is 55.4 cm³/mol. The first-order chi connectivity index (χ1) is 6.83. The van der Waals surface area contributed by atoms with E-state index in [1.165, 1.54) is 0 Å². The number of carbonyl (C=O) groups excluding carboxylic acids is 1. The van der Waals surface area contributed by atoms with Crippen LogP contribution in [0.3, 0.4) is 0 Å². The van der Waals surface area contributed by atoms with Crippen LogP contribution in [0.5, 0.6) is 0 Å². The lowest BCUT2D eigenvalue weighted by atomic mass is 10.2. The van der Waals surface area contributed by atoms with Gasteiger partial charge in [-0.3, -0.25) is 10.2 Å². The fourth-order valence-electron chi connectivity index (χ4n) is 1.03. The first kappa shape index (κ1) is 10.7. The Morgan fingerprint density at radius 1 is 1.29 bits per heavy atom. The SMILES string of the molecule is CNNCC(=O)NCc1ccccc1. The van der Waals surface area contributed by atoms with Gasteiger partial charge in [-0.15, -0.1) is 0 Å². The van der Waals surface area contributed by atoms with Crippen molar-refractivity contribution >= 4 is 5.91 Å². The fraction of sp³-hybridized carbons (Fsp3) is 0.300. The molecule has 1 aromatic rings. The highest BCUT2D eigenvalue weighted by molar-refractivity contribution is 5.77. The summed E-state index contributed by atoms with van der Waals surface area (Å²) in [5.41, 5.74) is 6.51. The third-order valence-electron chi connectivity index (χ3n) is 1.76. The van der Waals surface area contributed by atoms with Crippen LogP contribution in [0, 0.1) is 0 Å². The highest BCUT2D eigenvalue weighted by Crippen LogP contribution is 1.96. The number of hydrogen-bond donors (Lipinski definition) is 3. The molecule has 0 spiro atoms. The maximum absolute atomic E-state index is 11.2. The highest BCUT2D eigenvalue weighted by Gasteiger charge is 1.98. The van der Waals surface area contributed by atoms with Gasteiger partial charge in [0.15, 0.2) is 0 Å². The van der Waals surface area contributed by atoms with Crippen molar-refractivity contribution in [3.8, 4) is 0 Å². The van der Waals surface area contributed by atoms with Crippen LogP contribution in [-0.2, 0) is 11.3 Å².